The molecule has 2 heterocycles. The maximum Gasteiger partial charge on any atom is 0.343 e. The monoisotopic (exact) mass is 304 g/mol. The molecule has 0 atom stereocenters. The molecule has 1 aromatic heterocycles. The highest BCUT2D eigenvalue weighted by Gasteiger charge is 2.19. The molecule has 2 aromatic rings. The highest BCUT2D eigenvalue weighted by atomic mass is 16.2. The maximum atomic E-state index is 11.9. The van der Waals surface area contributed by atoms with E-state index in [4.69, 9.17) is 0 Å². The molecular formula is C17H28N4O. The number of nitrogens with one attached hydrogen (secondary N) is 2. The molecule has 1 saturated heterocycles. The number of piperidine rings is 1. The number of hydrogen-bond acceptors (Lipinski definition) is 3. The van der Waals surface area contributed by atoms with Gasteiger partial charge in [-0.3, -0.25) is 4.98 Å². The normalized spacial score (nSPS) is 14.4. The van der Waals surface area contributed by atoms with Crippen LogP contribution in [0, 0.1) is 0 Å². The van der Waals surface area contributed by atoms with Crippen molar-refractivity contribution in [1.29, 1.82) is 0 Å². The van der Waals surface area contributed by atoms with Gasteiger partial charge in [0.2, 0.25) is 0 Å². The van der Waals surface area contributed by atoms with Crippen molar-refractivity contribution in [3.8, 4) is 11.4 Å². The Labute approximate surface area is 132 Å². The third kappa shape index (κ3) is 4.56. The van der Waals surface area contributed by atoms with Crippen LogP contribution in [0.2, 0.25) is 0 Å². The van der Waals surface area contributed by atoms with E-state index >= 15 is 0 Å². The first-order chi connectivity index (χ1) is 10.8. The zero-order chi connectivity index (χ0) is 16.4. The second kappa shape index (κ2) is 9.95. The lowest BCUT2D eigenvalue weighted by atomic mass is 10.1. The van der Waals surface area contributed by atoms with Gasteiger partial charge < -0.3 is 5.32 Å². The largest absolute Gasteiger partial charge is 0.343 e. The smallest absolute Gasteiger partial charge is 0.317 e. The molecule has 1 fully saturated rings. The van der Waals surface area contributed by atoms with Crippen LogP contribution in [-0.4, -0.2) is 27.9 Å². The van der Waals surface area contributed by atoms with Crippen molar-refractivity contribution in [2.24, 2.45) is 0 Å². The molecule has 0 bridgehead atoms. The van der Waals surface area contributed by atoms with Crippen LogP contribution in [0.3, 0.4) is 0 Å². The average molecular weight is 304 g/mol. The van der Waals surface area contributed by atoms with Gasteiger partial charge in [-0.2, -0.15) is 0 Å². The summed E-state index contributed by atoms with van der Waals surface area (Å²) in [5.74, 6) is 0.652. The molecular weight excluding hydrogens is 276 g/mol. The summed E-state index contributed by atoms with van der Waals surface area (Å²) < 4.78 is 1.60. The Balaban J connectivity index is 0.000000561. The lowest BCUT2D eigenvalue weighted by Crippen LogP contribution is -2.33. The van der Waals surface area contributed by atoms with Gasteiger partial charge in [0.05, 0.1) is 6.04 Å². The number of aromatic nitrogens is 3. The van der Waals surface area contributed by atoms with Crippen molar-refractivity contribution < 1.29 is 0 Å². The molecule has 1 aliphatic rings. The van der Waals surface area contributed by atoms with Crippen LogP contribution in [0.5, 0.6) is 0 Å². The summed E-state index contributed by atoms with van der Waals surface area (Å²) in [4.78, 5) is 14.8. The van der Waals surface area contributed by atoms with Gasteiger partial charge in [0.25, 0.3) is 0 Å². The number of nitrogens with zero attached hydrogens (tertiary/aromatic N) is 2. The molecule has 22 heavy (non-hydrogen) atoms. The number of aromatic amines is 1. The van der Waals surface area contributed by atoms with E-state index in [9.17, 15) is 4.79 Å². The third-order valence-corrected chi connectivity index (χ3v) is 3.34. The first kappa shape index (κ1) is 18.2. The lowest BCUT2D eigenvalue weighted by molar-refractivity contribution is 0.336. The highest BCUT2D eigenvalue weighted by Crippen LogP contribution is 2.17. The number of rotatable bonds is 2. The Hall–Kier alpha value is -1.88. The second-order valence-electron chi connectivity index (χ2n) is 4.57. The molecule has 0 aliphatic carbocycles. The molecule has 3 rings (SSSR count). The topological polar surface area (TPSA) is 62.7 Å². The van der Waals surface area contributed by atoms with E-state index in [1.165, 1.54) is 0 Å². The molecule has 122 valence electrons. The van der Waals surface area contributed by atoms with Crippen LogP contribution >= 0.6 is 0 Å². The van der Waals surface area contributed by atoms with Crippen LogP contribution in [0.1, 0.15) is 46.6 Å². The van der Waals surface area contributed by atoms with Gasteiger partial charge >= 0.3 is 5.69 Å². The van der Waals surface area contributed by atoms with E-state index in [2.05, 4.69) is 15.4 Å². The molecule has 5 heteroatoms. The Morgan fingerprint density at radius 2 is 1.64 bits per heavy atom. The Bertz CT molecular complexity index is 568. The standard InChI is InChI=1S/C13H16N4O.2C2H6/c18-13-15-12(10-4-2-1-3-5-10)16-17(13)11-6-8-14-9-7-11;2*1-2/h1-5,11,14H,6-9H2,(H,15,16,18);2*1-2H3. The SMILES string of the molecule is CC.CC.O=c1[nH]c(-c2ccccc2)nn1C1CCNCC1. The summed E-state index contributed by atoms with van der Waals surface area (Å²) in [5.41, 5.74) is 0.836. The van der Waals surface area contributed by atoms with Crippen molar-refractivity contribution in [1.82, 2.24) is 20.1 Å². The first-order valence-corrected chi connectivity index (χ1v) is 8.29. The Kier molecular flexibility index (Phi) is 8.22. The number of hydrogen-bond donors (Lipinski definition) is 2. The summed E-state index contributed by atoms with van der Waals surface area (Å²) >= 11 is 0. The minimum Gasteiger partial charge on any atom is -0.317 e. The quantitative estimate of drug-likeness (QED) is 0.895. The fraction of sp³-hybridized carbons (Fsp3) is 0.529. The van der Waals surface area contributed by atoms with E-state index in [0.717, 1.165) is 31.5 Å². The van der Waals surface area contributed by atoms with Gasteiger partial charge in [-0.1, -0.05) is 58.0 Å². The zero-order valence-corrected chi connectivity index (χ0v) is 14.1. The molecule has 1 aromatic carbocycles. The minimum atomic E-state index is -0.110. The summed E-state index contributed by atoms with van der Waals surface area (Å²) in [7, 11) is 0. The summed E-state index contributed by atoms with van der Waals surface area (Å²) in [6, 6.07) is 9.95. The molecule has 5 nitrogen and oxygen atoms in total. The maximum absolute atomic E-state index is 11.9. The summed E-state index contributed by atoms with van der Waals surface area (Å²) in [5, 5.41) is 7.71. The predicted molar refractivity (Wildman–Crippen MR) is 92.1 cm³/mol. The Morgan fingerprint density at radius 3 is 2.23 bits per heavy atom. The van der Waals surface area contributed by atoms with Gasteiger partial charge in [-0.15, -0.1) is 5.10 Å². The van der Waals surface area contributed by atoms with Crippen LogP contribution in [0.4, 0.5) is 0 Å². The average Bonchev–Trinajstić information content (AvgIpc) is 3.02. The van der Waals surface area contributed by atoms with Crippen molar-refractivity contribution in [2.45, 2.75) is 46.6 Å². The Morgan fingerprint density at radius 1 is 1.05 bits per heavy atom. The van der Waals surface area contributed by atoms with Gasteiger partial charge in [0.15, 0.2) is 5.82 Å². The molecule has 0 spiro atoms. The first-order valence-electron chi connectivity index (χ1n) is 8.29. The van der Waals surface area contributed by atoms with Crippen molar-refractivity contribution in [3.05, 3.63) is 40.8 Å². The van der Waals surface area contributed by atoms with Crippen LogP contribution in [-0.2, 0) is 0 Å². The van der Waals surface area contributed by atoms with E-state index in [1.807, 2.05) is 58.0 Å². The molecule has 1 aliphatic heterocycles. The molecule has 0 saturated carbocycles. The summed E-state index contributed by atoms with van der Waals surface area (Å²) in [6.07, 6.45) is 1.91. The molecule has 0 amide bonds. The van der Waals surface area contributed by atoms with Crippen molar-refractivity contribution >= 4 is 0 Å². The van der Waals surface area contributed by atoms with Crippen LogP contribution < -0.4 is 11.0 Å². The number of benzene rings is 1. The van der Waals surface area contributed by atoms with E-state index in [1.54, 1.807) is 4.68 Å². The second-order valence-corrected chi connectivity index (χ2v) is 4.57. The van der Waals surface area contributed by atoms with E-state index < -0.39 is 0 Å². The zero-order valence-electron chi connectivity index (χ0n) is 14.1. The predicted octanol–water partition coefficient (Wildman–Crippen LogP) is 3.22. The number of H-pyrrole nitrogens is 1. The van der Waals surface area contributed by atoms with E-state index in [0.29, 0.717) is 5.82 Å². The highest BCUT2D eigenvalue weighted by molar-refractivity contribution is 5.53. The lowest BCUT2D eigenvalue weighted by Gasteiger charge is -2.21. The van der Waals surface area contributed by atoms with Gasteiger partial charge in [-0.05, 0) is 25.9 Å². The third-order valence-electron chi connectivity index (χ3n) is 3.34. The van der Waals surface area contributed by atoms with E-state index in [-0.39, 0.29) is 11.7 Å². The van der Waals surface area contributed by atoms with Crippen LogP contribution in [0.15, 0.2) is 35.1 Å². The fourth-order valence-corrected chi connectivity index (χ4v) is 2.36. The minimum absolute atomic E-state index is 0.110. The van der Waals surface area contributed by atoms with Crippen molar-refractivity contribution in [3.63, 3.8) is 0 Å². The fourth-order valence-electron chi connectivity index (χ4n) is 2.36. The van der Waals surface area contributed by atoms with Crippen LogP contribution in [0.25, 0.3) is 11.4 Å². The van der Waals surface area contributed by atoms with Crippen molar-refractivity contribution in [2.75, 3.05) is 13.1 Å². The van der Waals surface area contributed by atoms with Gasteiger partial charge in [-0.25, -0.2) is 9.48 Å². The molecule has 0 unspecified atom stereocenters. The van der Waals surface area contributed by atoms with Gasteiger partial charge in [0.1, 0.15) is 0 Å². The molecule has 2 N–H and O–H groups in total. The molecule has 0 radical (unpaired) electrons. The van der Waals surface area contributed by atoms with Gasteiger partial charge in [0, 0.05) is 5.56 Å². The summed E-state index contributed by atoms with van der Waals surface area (Å²) in [6.45, 7) is 9.90.